The quantitative estimate of drug-likeness (QED) is 0.864. The topological polar surface area (TPSA) is 24.9 Å². The van der Waals surface area contributed by atoms with Crippen LogP contribution >= 0.6 is 11.3 Å². The second kappa shape index (κ2) is 4.94. The summed E-state index contributed by atoms with van der Waals surface area (Å²) in [6, 6.07) is 10.3. The van der Waals surface area contributed by atoms with E-state index < -0.39 is 0 Å². The van der Waals surface area contributed by atoms with Crippen molar-refractivity contribution in [3.63, 3.8) is 0 Å². The Morgan fingerprint density at radius 1 is 1.38 bits per heavy atom. The molecule has 0 unspecified atom stereocenters. The Labute approximate surface area is 99.7 Å². The van der Waals surface area contributed by atoms with Crippen LogP contribution in [-0.4, -0.2) is 4.98 Å². The highest BCUT2D eigenvalue weighted by Gasteiger charge is 2.01. The maximum absolute atomic E-state index is 4.43. The molecule has 0 fully saturated rings. The average Bonchev–Trinajstić information content (AvgIpc) is 2.76. The summed E-state index contributed by atoms with van der Waals surface area (Å²) < 4.78 is 0. The number of allylic oxidation sites excluding steroid dienone is 1. The van der Waals surface area contributed by atoms with Crippen molar-refractivity contribution in [2.45, 2.75) is 13.5 Å². The highest BCUT2D eigenvalue weighted by Crippen LogP contribution is 2.20. The predicted octanol–water partition coefficient (Wildman–Crippen LogP) is 3.79. The van der Waals surface area contributed by atoms with Gasteiger partial charge in [-0.3, -0.25) is 0 Å². The number of nitrogens with one attached hydrogen (secondary N) is 1. The minimum absolute atomic E-state index is 0.810. The third-order valence-electron chi connectivity index (χ3n) is 2.23. The van der Waals surface area contributed by atoms with Gasteiger partial charge in [-0.1, -0.05) is 36.9 Å². The largest absolute Gasteiger partial charge is 0.357 e. The first-order valence-electron chi connectivity index (χ1n) is 5.15. The summed E-state index contributed by atoms with van der Waals surface area (Å²) in [7, 11) is 0. The van der Waals surface area contributed by atoms with E-state index in [1.54, 1.807) is 11.3 Å². The number of nitrogens with zero attached hydrogens (tertiary/aromatic N) is 1. The maximum atomic E-state index is 4.43. The van der Waals surface area contributed by atoms with Crippen LogP contribution in [0.5, 0.6) is 0 Å². The third-order valence-corrected chi connectivity index (χ3v) is 3.03. The molecule has 1 heterocycles. The van der Waals surface area contributed by atoms with Crippen LogP contribution in [0.1, 0.15) is 18.2 Å². The predicted molar refractivity (Wildman–Crippen MR) is 70.6 cm³/mol. The summed E-state index contributed by atoms with van der Waals surface area (Å²) in [5.74, 6) is 0. The molecule has 0 aliphatic carbocycles. The normalized spacial score (nSPS) is 10.1. The molecule has 0 saturated heterocycles. The summed E-state index contributed by atoms with van der Waals surface area (Å²) in [6.45, 7) is 6.65. The monoisotopic (exact) mass is 230 g/mol. The highest BCUT2D eigenvalue weighted by atomic mass is 32.1. The van der Waals surface area contributed by atoms with Gasteiger partial charge in [0.15, 0.2) is 5.13 Å². The van der Waals surface area contributed by atoms with Gasteiger partial charge >= 0.3 is 0 Å². The summed E-state index contributed by atoms with van der Waals surface area (Å²) in [6.07, 6.45) is 0. The van der Waals surface area contributed by atoms with Crippen LogP contribution in [0.4, 0.5) is 5.13 Å². The molecule has 2 rings (SSSR count). The number of hydrogen-bond acceptors (Lipinski definition) is 3. The van der Waals surface area contributed by atoms with Crippen LogP contribution < -0.4 is 5.32 Å². The van der Waals surface area contributed by atoms with E-state index in [1.807, 2.05) is 30.5 Å². The number of thiazole rings is 1. The number of aromatic nitrogens is 1. The lowest BCUT2D eigenvalue weighted by molar-refractivity contribution is 1.13. The lowest BCUT2D eigenvalue weighted by Crippen LogP contribution is -1.98. The molecule has 3 heteroatoms. The van der Waals surface area contributed by atoms with Crippen LogP contribution in [0.3, 0.4) is 0 Å². The zero-order chi connectivity index (χ0) is 11.4. The second-order valence-corrected chi connectivity index (χ2v) is 4.52. The molecule has 0 bridgehead atoms. The van der Waals surface area contributed by atoms with Gasteiger partial charge in [0.25, 0.3) is 0 Å². The second-order valence-electron chi connectivity index (χ2n) is 3.66. The fourth-order valence-corrected chi connectivity index (χ4v) is 2.11. The zero-order valence-electron chi connectivity index (χ0n) is 9.23. The Morgan fingerprint density at radius 3 is 2.75 bits per heavy atom. The molecule has 0 spiro atoms. The van der Waals surface area contributed by atoms with Crippen molar-refractivity contribution in [3.8, 4) is 0 Å². The Hall–Kier alpha value is -1.61. The lowest BCUT2D eigenvalue weighted by Gasteiger charge is -2.01. The number of rotatable bonds is 4. The molecular weight excluding hydrogens is 216 g/mol. The van der Waals surface area contributed by atoms with Gasteiger partial charge in [0.2, 0.25) is 0 Å². The van der Waals surface area contributed by atoms with Crippen molar-refractivity contribution in [3.05, 3.63) is 53.5 Å². The van der Waals surface area contributed by atoms with Gasteiger partial charge in [-0.15, -0.1) is 11.3 Å². The van der Waals surface area contributed by atoms with E-state index in [0.717, 1.165) is 22.9 Å². The van der Waals surface area contributed by atoms with Crippen LogP contribution in [0.15, 0.2) is 42.3 Å². The highest BCUT2D eigenvalue weighted by molar-refractivity contribution is 7.13. The number of hydrogen-bond donors (Lipinski definition) is 1. The Balaban J connectivity index is 1.97. The third kappa shape index (κ3) is 2.70. The molecule has 1 aromatic carbocycles. The molecule has 0 atom stereocenters. The van der Waals surface area contributed by atoms with E-state index in [9.17, 15) is 0 Å². The van der Waals surface area contributed by atoms with Gasteiger partial charge in [0.05, 0.1) is 5.69 Å². The molecule has 16 heavy (non-hydrogen) atoms. The zero-order valence-corrected chi connectivity index (χ0v) is 10.1. The molecule has 0 radical (unpaired) electrons. The standard InChI is InChI=1S/C13H14N2S/c1-10(2)12-9-16-13(15-12)14-8-11-6-4-3-5-7-11/h3-7,9H,1,8H2,2H3,(H,14,15). The fraction of sp³-hybridized carbons (Fsp3) is 0.154. The van der Waals surface area contributed by atoms with Gasteiger partial charge in [0, 0.05) is 11.9 Å². The molecule has 0 amide bonds. The Bertz CT molecular complexity index is 474. The van der Waals surface area contributed by atoms with Crippen molar-refractivity contribution in [1.82, 2.24) is 4.98 Å². The minimum Gasteiger partial charge on any atom is -0.357 e. The molecule has 0 aliphatic heterocycles. The van der Waals surface area contributed by atoms with Gasteiger partial charge in [0.1, 0.15) is 0 Å². The van der Waals surface area contributed by atoms with Crippen LogP contribution in [-0.2, 0) is 6.54 Å². The van der Waals surface area contributed by atoms with Crippen LogP contribution in [0.25, 0.3) is 5.57 Å². The van der Waals surface area contributed by atoms with Crippen LogP contribution in [0.2, 0.25) is 0 Å². The summed E-state index contributed by atoms with van der Waals surface area (Å²) in [4.78, 5) is 4.43. The van der Waals surface area contributed by atoms with E-state index in [0.29, 0.717) is 0 Å². The molecule has 1 aromatic heterocycles. The lowest BCUT2D eigenvalue weighted by atomic mass is 10.2. The Morgan fingerprint density at radius 2 is 2.12 bits per heavy atom. The van der Waals surface area contributed by atoms with Gasteiger partial charge in [-0.2, -0.15) is 0 Å². The smallest absolute Gasteiger partial charge is 0.183 e. The van der Waals surface area contributed by atoms with E-state index in [1.165, 1.54) is 5.56 Å². The van der Waals surface area contributed by atoms with Crippen molar-refractivity contribution in [2.24, 2.45) is 0 Å². The van der Waals surface area contributed by atoms with Gasteiger partial charge in [-0.05, 0) is 18.1 Å². The van der Waals surface area contributed by atoms with Gasteiger partial charge < -0.3 is 5.32 Å². The molecular formula is C13H14N2S. The van der Waals surface area contributed by atoms with E-state index in [2.05, 4.69) is 29.0 Å². The first-order valence-corrected chi connectivity index (χ1v) is 6.03. The van der Waals surface area contributed by atoms with Crippen molar-refractivity contribution < 1.29 is 0 Å². The molecule has 1 N–H and O–H groups in total. The SMILES string of the molecule is C=C(C)c1csc(NCc2ccccc2)n1. The average molecular weight is 230 g/mol. The first-order chi connectivity index (χ1) is 7.75. The van der Waals surface area contributed by atoms with E-state index in [-0.39, 0.29) is 0 Å². The maximum Gasteiger partial charge on any atom is 0.183 e. The van der Waals surface area contributed by atoms with Crippen molar-refractivity contribution >= 4 is 22.0 Å². The van der Waals surface area contributed by atoms with Gasteiger partial charge in [-0.25, -0.2) is 4.98 Å². The summed E-state index contributed by atoms with van der Waals surface area (Å²) >= 11 is 1.61. The minimum atomic E-state index is 0.810. The first kappa shape index (κ1) is 10.9. The van der Waals surface area contributed by atoms with E-state index >= 15 is 0 Å². The summed E-state index contributed by atoms with van der Waals surface area (Å²) in [5.41, 5.74) is 3.24. The number of benzene rings is 1. The summed E-state index contributed by atoms with van der Waals surface area (Å²) in [5, 5.41) is 6.27. The molecule has 0 saturated carbocycles. The Kier molecular flexibility index (Phi) is 3.37. The molecule has 2 nitrogen and oxygen atoms in total. The number of anilines is 1. The molecule has 82 valence electrons. The van der Waals surface area contributed by atoms with E-state index in [4.69, 9.17) is 0 Å². The molecule has 0 aliphatic rings. The van der Waals surface area contributed by atoms with Crippen molar-refractivity contribution in [2.75, 3.05) is 5.32 Å². The molecule has 2 aromatic rings. The van der Waals surface area contributed by atoms with Crippen LogP contribution in [0, 0.1) is 0 Å². The van der Waals surface area contributed by atoms with Crippen molar-refractivity contribution in [1.29, 1.82) is 0 Å². The fourth-order valence-electron chi connectivity index (χ4n) is 1.32.